The fraction of sp³-hybridized carbons (Fsp3) is 0.636. The van der Waals surface area contributed by atoms with Gasteiger partial charge in [0.05, 0.1) is 25.3 Å². The molecule has 2 saturated heterocycles. The summed E-state index contributed by atoms with van der Waals surface area (Å²) in [7, 11) is -1.69. The standard InChI is InChI=1S/C22H33N3O5S/c1-4-5-13-25-20(26)14-19(21(25)16-8-10-18(30-2)11-9-16)22(27)23-17-7-6-12-24(15-17)31(3,28)29/h8-11,17,19,21H,4-7,12-15H2,1-3H3,(H,23,27). The average molecular weight is 452 g/mol. The van der Waals surface area contributed by atoms with E-state index in [9.17, 15) is 18.0 Å². The molecule has 1 aromatic carbocycles. The maximum atomic E-state index is 13.3. The van der Waals surface area contributed by atoms with Gasteiger partial charge in [0, 0.05) is 32.1 Å². The lowest BCUT2D eigenvalue weighted by Gasteiger charge is -2.33. The van der Waals surface area contributed by atoms with Gasteiger partial charge in [-0.05, 0) is 37.0 Å². The second-order valence-corrected chi connectivity index (χ2v) is 10.4. The van der Waals surface area contributed by atoms with Crippen molar-refractivity contribution in [2.45, 2.75) is 51.1 Å². The summed E-state index contributed by atoms with van der Waals surface area (Å²) in [5.74, 6) is 0.00737. The van der Waals surface area contributed by atoms with E-state index in [4.69, 9.17) is 4.74 Å². The first kappa shape index (κ1) is 23.5. The molecule has 2 aliphatic heterocycles. The quantitative estimate of drug-likeness (QED) is 0.652. The van der Waals surface area contributed by atoms with Crippen molar-refractivity contribution in [1.29, 1.82) is 0 Å². The van der Waals surface area contributed by atoms with E-state index in [1.807, 2.05) is 29.2 Å². The Hall–Kier alpha value is -2.13. The normalized spacial score (nSPS) is 24.9. The minimum absolute atomic E-state index is 0.0178. The van der Waals surface area contributed by atoms with Crippen LogP contribution < -0.4 is 10.1 Å². The smallest absolute Gasteiger partial charge is 0.226 e. The number of sulfonamides is 1. The molecule has 3 unspecified atom stereocenters. The third-order valence-corrected chi connectivity index (χ3v) is 7.45. The number of hydrogen-bond donors (Lipinski definition) is 1. The number of methoxy groups -OCH3 is 1. The first-order valence-electron chi connectivity index (χ1n) is 10.9. The molecule has 0 aromatic heterocycles. The molecule has 2 amide bonds. The van der Waals surface area contributed by atoms with E-state index in [-0.39, 0.29) is 36.9 Å². The molecule has 1 N–H and O–H groups in total. The highest BCUT2D eigenvalue weighted by atomic mass is 32.2. The van der Waals surface area contributed by atoms with Gasteiger partial charge in [-0.1, -0.05) is 25.5 Å². The molecule has 3 atom stereocenters. The molecule has 2 heterocycles. The lowest BCUT2D eigenvalue weighted by Crippen LogP contribution is -2.51. The highest BCUT2D eigenvalue weighted by Crippen LogP contribution is 2.39. The summed E-state index contributed by atoms with van der Waals surface area (Å²) in [6.07, 6.45) is 4.61. The Morgan fingerprint density at radius 2 is 1.97 bits per heavy atom. The molecule has 2 aliphatic rings. The molecule has 172 valence electrons. The fourth-order valence-electron chi connectivity index (χ4n) is 4.50. The van der Waals surface area contributed by atoms with E-state index < -0.39 is 15.9 Å². The molecular formula is C22H33N3O5S. The lowest BCUT2D eigenvalue weighted by atomic mass is 9.92. The molecule has 2 fully saturated rings. The molecule has 1 aromatic rings. The van der Waals surface area contributed by atoms with Gasteiger partial charge in [-0.2, -0.15) is 0 Å². The van der Waals surface area contributed by atoms with Crippen LogP contribution in [0.15, 0.2) is 24.3 Å². The molecule has 0 spiro atoms. The SMILES string of the molecule is CCCCN1C(=O)CC(C(=O)NC2CCCN(S(C)(=O)=O)C2)C1c1ccc(OC)cc1. The van der Waals surface area contributed by atoms with Gasteiger partial charge in [-0.25, -0.2) is 12.7 Å². The van der Waals surface area contributed by atoms with E-state index in [1.165, 1.54) is 10.6 Å². The first-order valence-corrected chi connectivity index (χ1v) is 12.8. The number of carbonyl (C=O) groups excluding carboxylic acids is 2. The zero-order valence-electron chi connectivity index (χ0n) is 18.5. The largest absolute Gasteiger partial charge is 0.497 e. The number of carbonyl (C=O) groups is 2. The summed E-state index contributed by atoms with van der Waals surface area (Å²) in [6.45, 7) is 3.44. The number of ether oxygens (including phenoxy) is 1. The molecule has 0 radical (unpaired) electrons. The third-order valence-electron chi connectivity index (χ3n) is 6.18. The van der Waals surface area contributed by atoms with Crippen LogP contribution in [0.5, 0.6) is 5.75 Å². The number of rotatable bonds is 8. The van der Waals surface area contributed by atoms with Gasteiger partial charge >= 0.3 is 0 Å². The molecule has 0 bridgehead atoms. The van der Waals surface area contributed by atoms with Crippen molar-refractivity contribution in [3.8, 4) is 5.75 Å². The van der Waals surface area contributed by atoms with Gasteiger partial charge in [0.1, 0.15) is 5.75 Å². The number of hydrogen-bond acceptors (Lipinski definition) is 5. The number of piperidine rings is 1. The zero-order chi connectivity index (χ0) is 22.6. The predicted octanol–water partition coefficient (Wildman–Crippen LogP) is 1.93. The van der Waals surface area contributed by atoms with Crippen LogP contribution in [-0.2, 0) is 19.6 Å². The zero-order valence-corrected chi connectivity index (χ0v) is 19.4. The van der Waals surface area contributed by atoms with Crippen LogP contribution in [-0.4, -0.2) is 68.5 Å². The number of likely N-dealkylation sites (tertiary alicyclic amines) is 1. The Labute approximate surface area is 185 Å². The molecule has 8 nitrogen and oxygen atoms in total. The Balaban J connectivity index is 1.79. The second-order valence-electron chi connectivity index (χ2n) is 8.44. The summed E-state index contributed by atoms with van der Waals surface area (Å²) in [4.78, 5) is 27.9. The Morgan fingerprint density at radius 3 is 2.58 bits per heavy atom. The fourth-order valence-corrected chi connectivity index (χ4v) is 5.41. The van der Waals surface area contributed by atoms with Crippen LogP contribution in [0, 0.1) is 5.92 Å². The summed E-state index contributed by atoms with van der Waals surface area (Å²) in [5.41, 5.74) is 0.907. The molecule has 3 rings (SSSR count). The topological polar surface area (TPSA) is 96.0 Å². The maximum Gasteiger partial charge on any atom is 0.226 e. The number of unbranched alkanes of at least 4 members (excludes halogenated alkanes) is 1. The Morgan fingerprint density at radius 1 is 1.26 bits per heavy atom. The van der Waals surface area contributed by atoms with Crippen LogP contribution in [0.3, 0.4) is 0 Å². The number of nitrogens with zero attached hydrogens (tertiary/aromatic N) is 2. The average Bonchev–Trinajstić information content (AvgIpc) is 3.08. The molecule has 0 saturated carbocycles. The first-order chi connectivity index (χ1) is 14.7. The van der Waals surface area contributed by atoms with Crippen molar-refractivity contribution in [2.24, 2.45) is 5.92 Å². The van der Waals surface area contributed by atoms with Gasteiger partial charge < -0.3 is 15.0 Å². The van der Waals surface area contributed by atoms with E-state index in [2.05, 4.69) is 12.2 Å². The van der Waals surface area contributed by atoms with Gasteiger partial charge in [0.15, 0.2) is 0 Å². The van der Waals surface area contributed by atoms with E-state index in [1.54, 1.807) is 7.11 Å². The number of benzene rings is 1. The van der Waals surface area contributed by atoms with Gasteiger partial charge in [-0.15, -0.1) is 0 Å². The lowest BCUT2D eigenvalue weighted by molar-refractivity contribution is -0.129. The van der Waals surface area contributed by atoms with Gasteiger partial charge in [0.25, 0.3) is 0 Å². The summed E-state index contributed by atoms with van der Waals surface area (Å²) in [5, 5.41) is 3.03. The van der Waals surface area contributed by atoms with Gasteiger partial charge in [0.2, 0.25) is 21.8 Å². The van der Waals surface area contributed by atoms with Crippen molar-refractivity contribution < 1.29 is 22.7 Å². The summed E-state index contributed by atoms with van der Waals surface area (Å²) in [6, 6.07) is 6.93. The monoisotopic (exact) mass is 451 g/mol. The predicted molar refractivity (Wildman–Crippen MR) is 118 cm³/mol. The Kier molecular flexibility index (Phi) is 7.59. The van der Waals surface area contributed by atoms with Crippen LogP contribution in [0.25, 0.3) is 0 Å². The van der Waals surface area contributed by atoms with Crippen molar-refractivity contribution in [3.05, 3.63) is 29.8 Å². The molecular weight excluding hydrogens is 418 g/mol. The molecule has 0 aliphatic carbocycles. The maximum absolute atomic E-state index is 13.3. The van der Waals surface area contributed by atoms with Crippen molar-refractivity contribution >= 4 is 21.8 Å². The van der Waals surface area contributed by atoms with Gasteiger partial charge in [-0.3, -0.25) is 9.59 Å². The summed E-state index contributed by atoms with van der Waals surface area (Å²) >= 11 is 0. The van der Waals surface area contributed by atoms with Crippen LogP contribution in [0.4, 0.5) is 0 Å². The highest BCUT2D eigenvalue weighted by molar-refractivity contribution is 7.88. The van der Waals surface area contributed by atoms with Crippen molar-refractivity contribution in [3.63, 3.8) is 0 Å². The van der Waals surface area contributed by atoms with Crippen molar-refractivity contribution in [1.82, 2.24) is 14.5 Å². The third kappa shape index (κ3) is 5.57. The minimum Gasteiger partial charge on any atom is -0.497 e. The van der Waals surface area contributed by atoms with Crippen LogP contribution >= 0.6 is 0 Å². The van der Waals surface area contributed by atoms with Crippen molar-refractivity contribution in [2.75, 3.05) is 33.0 Å². The van der Waals surface area contributed by atoms with Crippen LogP contribution in [0.2, 0.25) is 0 Å². The van der Waals surface area contributed by atoms with E-state index in [0.717, 1.165) is 30.6 Å². The minimum atomic E-state index is -3.29. The highest BCUT2D eigenvalue weighted by Gasteiger charge is 2.44. The van der Waals surface area contributed by atoms with E-state index >= 15 is 0 Å². The Bertz CT molecular complexity index is 887. The summed E-state index contributed by atoms with van der Waals surface area (Å²) < 4.78 is 30.5. The van der Waals surface area contributed by atoms with E-state index in [0.29, 0.717) is 19.5 Å². The van der Waals surface area contributed by atoms with Crippen LogP contribution in [0.1, 0.15) is 50.6 Å². The molecule has 9 heteroatoms. The molecule has 31 heavy (non-hydrogen) atoms. The second kappa shape index (κ2) is 9.99. The number of nitrogens with one attached hydrogen (secondary N) is 1. The number of amides is 2.